The quantitative estimate of drug-likeness (QED) is 0.838. The van der Waals surface area contributed by atoms with Crippen LogP contribution in [0.25, 0.3) is 11.0 Å². The van der Waals surface area contributed by atoms with E-state index in [1.165, 1.54) is 0 Å². The number of fused-ring (bicyclic) bond motifs is 1. The largest absolute Gasteiger partial charge is 0.444 e. The molecule has 1 atom stereocenters. The summed E-state index contributed by atoms with van der Waals surface area (Å²) in [6.07, 6.45) is 1.74. The summed E-state index contributed by atoms with van der Waals surface area (Å²) >= 11 is 0. The number of amides is 1. The van der Waals surface area contributed by atoms with E-state index in [1.54, 1.807) is 17.0 Å². The van der Waals surface area contributed by atoms with Gasteiger partial charge in [-0.05, 0) is 57.7 Å². The lowest BCUT2D eigenvalue weighted by atomic mass is 9.98. The Kier molecular flexibility index (Phi) is 4.62. The van der Waals surface area contributed by atoms with Gasteiger partial charge in [0.2, 0.25) is 0 Å². The van der Waals surface area contributed by atoms with Crippen LogP contribution in [0.4, 0.5) is 4.79 Å². The van der Waals surface area contributed by atoms with Crippen molar-refractivity contribution in [3.05, 3.63) is 23.8 Å². The van der Waals surface area contributed by atoms with E-state index in [-0.39, 0.29) is 6.09 Å². The van der Waals surface area contributed by atoms with E-state index in [1.807, 2.05) is 31.5 Å². The normalized spacial score (nSPS) is 18.2. The number of benzene rings is 1. The fourth-order valence-corrected chi connectivity index (χ4v) is 3.13. The van der Waals surface area contributed by atoms with Gasteiger partial charge >= 0.3 is 6.09 Å². The Hall–Kier alpha value is -2.62. The monoisotopic (exact) mass is 341 g/mol. The Bertz CT molecular complexity index is 815. The first-order chi connectivity index (χ1) is 11.9. The molecule has 0 radical (unpaired) electrons. The molecule has 1 amide bonds. The molecule has 0 N–H and O–H groups in total. The lowest BCUT2D eigenvalue weighted by Gasteiger charge is -2.34. The van der Waals surface area contributed by atoms with Crippen LogP contribution in [0.1, 0.15) is 39.2 Å². The van der Waals surface area contributed by atoms with Crippen molar-refractivity contribution in [3.63, 3.8) is 0 Å². The van der Waals surface area contributed by atoms with Gasteiger partial charge in [-0.2, -0.15) is 5.26 Å². The maximum absolute atomic E-state index is 12.3. The van der Waals surface area contributed by atoms with Gasteiger partial charge in [0.05, 0.1) is 17.1 Å². The molecule has 1 fully saturated rings. The molecule has 2 aromatic rings. The van der Waals surface area contributed by atoms with Gasteiger partial charge in [-0.1, -0.05) is 5.21 Å². The number of hydrogen-bond donors (Lipinski definition) is 0. The number of rotatable bonds is 2. The van der Waals surface area contributed by atoms with Crippen molar-refractivity contribution in [2.75, 3.05) is 13.1 Å². The fraction of sp³-hybridized carbons (Fsp3) is 0.556. The van der Waals surface area contributed by atoms with Crippen molar-refractivity contribution in [2.24, 2.45) is 5.92 Å². The van der Waals surface area contributed by atoms with Crippen LogP contribution in [0.5, 0.6) is 0 Å². The highest BCUT2D eigenvalue weighted by Crippen LogP contribution is 2.22. The summed E-state index contributed by atoms with van der Waals surface area (Å²) in [5.41, 5.74) is 1.73. The molecule has 1 aliphatic heterocycles. The van der Waals surface area contributed by atoms with Gasteiger partial charge in [0.15, 0.2) is 0 Å². The summed E-state index contributed by atoms with van der Waals surface area (Å²) in [6, 6.07) is 7.51. The van der Waals surface area contributed by atoms with E-state index in [9.17, 15) is 4.79 Å². The molecule has 1 aliphatic rings. The van der Waals surface area contributed by atoms with Crippen molar-refractivity contribution in [1.82, 2.24) is 19.9 Å². The highest BCUT2D eigenvalue weighted by Gasteiger charge is 2.28. The van der Waals surface area contributed by atoms with E-state index in [4.69, 9.17) is 10.00 Å². The van der Waals surface area contributed by atoms with Gasteiger partial charge in [-0.15, -0.1) is 5.10 Å². The zero-order valence-corrected chi connectivity index (χ0v) is 14.9. The molecule has 1 aromatic heterocycles. The van der Waals surface area contributed by atoms with Crippen molar-refractivity contribution >= 4 is 17.1 Å². The number of carbonyl (C=O) groups is 1. The van der Waals surface area contributed by atoms with Crippen LogP contribution in [0.2, 0.25) is 0 Å². The van der Waals surface area contributed by atoms with E-state index < -0.39 is 5.60 Å². The molecule has 25 heavy (non-hydrogen) atoms. The van der Waals surface area contributed by atoms with Crippen LogP contribution in [0.15, 0.2) is 18.2 Å². The molecule has 2 heterocycles. The molecule has 0 aliphatic carbocycles. The molecule has 1 saturated heterocycles. The Labute approximate surface area is 147 Å². The topological polar surface area (TPSA) is 84.0 Å². The van der Waals surface area contributed by atoms with Crippen LogP contribution in [0, 0.1) is 17.2 Å². The minimum atomic E-state index is -0.482. The summed E-state index contributed by atoms with van der Waals surface area (Å²) in [6.45, 7) is 7.72. The number of ether oxygens (including phenoxy) is 1. The zero-order valence-electron chi connectivity index (χ0n) is 14.9. The van der Waals surface area contributed by atoms with Gasteiger partial charge in [0, 0.05) is 19.6 Å². The first-order valence-corrected chi connectivity index (χ1v) is 8.57. The molecule has 7 heteroatoms. The summed E-state index contributed by atoms with van der Waals surface area (Å²) in [5.74, 6) is 0.307. The summed E-state index contributed by atoms with van der Waals surface area (Å²) < 4.78 is 7.34. The zero-order chi connectivity index (χ0) is 18.0. The van der Waals surface area contributed by atoms with Gasteiger partial charge in [0.25, 0.3) is 0 Å². The average molecular weight is 341 g/mol. The molecule has 3 rings (SSSR count). The van der Waals surface area contributed by atoms with Crippen LogP contribution in [0.3, 0.4) is 0 Å². The second kappa shape index (κ2) is 6.71. The number of piperidine rings is 1. The second-order valence-corrected chi connectivity index (χ2v) is 7.52. The van der Waals surface area contributed by atoms with Gasteiger partial charge < -0.3 is 9.64 Å². The molecule has 1 aromatic carbocycles. The Morgan fingerprint density at radius 3 is 2.96 bits per heavy atom. The summed E-state index contributed by atoms with van der Waals surface area (Å²) in [5, 5.41) is 17.3. The molecular weight excluding hydrogens is 318 g/mol. The van der Waals surface area contributed by atoms with Gasteiger partial charge in [-0.3, -0.25) is 0 Å². The molecule has 0 bridgehead atoms. The Morgan fingerprint density at radius 1 is 1.44 bits per heavy atom. The van der Waals surface area contributed by atoms with E-state index in [2.05, 4.69) is 16.4 Å². The number of nitriles is 1. The van der Waals surface area contributed by atoms with Gasteiger partial charge in [0.1, 0.15) is 11.1 Å². The third-order valence-corrected chi connectivity index (χ3v) is 4.24. The average Bonchev–Trinajstić information content (AvgIpc) is 2.95. The minimum absolute atomic E-state index is 0.251. The smallest absolute Gasteiger partial charge is 0.410 e. The molecule has 132 valence electrons. The van der Waals surface area contributed by atoms with Crippen LogP contribution >= 0.6 is 0 Å². The maximum atomic E-state index is 12.3. The predicted octanol–water partition coefficient (Wildman–Crippen LogP) is 2.95. The van der Waals surface area contributed by atoms with Crippen molar-refractivity contribution in [2.45, 2.75) is 45.8 Å². The van der Waals surface area contributed by atoms with Crippen LogP contribution < -0.4 is 0 Å². The number of carbonyl (C=O) groups excluding carboxylic acids is 1. The summed E-state index contributed by atoms with van der Waals surface area (Å²) in [4.78, 5) is 14.1. The fourth-order valence-electron chi connectivity index (χ4n) is 3.13. The Balaban J connectivity index is 1.69. The SMILES string of the molecule is CC(C)(C)OC(=O)N1CCCC(Cn2nnc3cc(C#N)ccc32)C1. The highest BCUT2D eigenvalue weighted by atomic mass is 16.6. The van der Waals surface area contributed by atoms with Gasteiger partial charge in [-0.25, -0.2) is 9.48 Å². The lowest BCUT2D eigenvalue weighted by Crippen LogP contribution is -2.43. The van der Waals surface area contributed by atoms with Crippen LogP contribution in [-0.2, 0) is 11.3 Å². The number of aromatic nitrogens is 3. The predicted molar refractivity (Wildman–Crippen MR) is 92.8 cm³/mol. The standard InChI is InChI=1S/C18H23N5O2/c1-18(2,3)25-17(24)22-8-4-5-14(11-22)12-23-16-7-6-13(10-19)9-15(16)20-21-23/h6-7,9,14H,4-5,8,11-12H2,1-3H3. The first kappa shape index (κ1) is 17.2. The van der Waals surface area contributed by atoms with Crippen molar-refractivity contribution < 1.29 is 9.53 Å². The lowest BCUT2D eigenvalue weighted by molar-refractivity contribution is 0.0155. The van der Waals surface area contributed by atoms with Crippen molar-refractivity contribution in [1.29, 1.82) is 5.26 Å². The van der Waals surface area contributed by atoms with E-state index in [0.29, 0.717) is 24.6 Å². The number of nitrogens with zero attached hydrogens (tertiary/aromatic N) is 5. The van der Waals surface area contributed by atoms with E-state index >= 15 is 0 Å². The van der Waals surface area contributed by atoms with Crippen molar-refractivity contribution in [3.8, 4) is 6.07 Å². The second-order valence-electron chi connectivity index (χ2n) is 7.52. The molecule has 0 spiro atoms. The molecule has 1 unspecified atom stereocenters. The minimum Gasteiger partial charge on any atom is -0.444 e. The number of hydrogen-bond acceptors (Lipinski definition) is 5. The highest BCUT2D eigenvalue weighted by molar-refractivity contribution is 5.75. The third-order valence-electron chi connectivity index (χ3n) is 4.24. The Morgan fingerprint density at radius 2 is 2.24 bits per heavy atom. The first-order valence-electron chi connectivity index (χ1n) is 8.57. The number of likely N-dealkylation sites (tertiary alicyclic amines) is 1. The molecule has 7 nitrogen and oxygen atoms in total. The van der Waals surface area contributed by atoms with Crippen LogP contribution in [-0.4, -0.2) is 44.7 Å². The summed E-state index contributed by atoms with van der Waals surface area (Å²) in [7, 11) is 0. The third kappa shape index (κ3) is 4.08. The van der Waals surface area contributed by atoms with E-state index in [0.717, 1.165) is 30.4 Å². The maximum Gasteiger partial charge on any atom is 0.410 e. The molecular formula is C18H23N5O2. The molecule has 0 saturated carbocycles.